The molecule has 2 atom stereocenters. The Bertz CT molecular complexity index is 179. The zero-order valence-corrected chi connectivity index (χ0v) is 6.28. The van der Waals surface area contributed by atoms with Crippen LogP contribution in [0, 0.1) is 0 Å². The number of alkyl carbamates (subject to hydrolysis) is 1. The Morgan fingerprint density at radius 2 is 2.64 bits per heavy atom. The molecule has 1 aliphatic rings. The Morgan fingerprint density at radius 3 is 3.09 bits per heavy atom. The quantitative estimate of drug-likeness (QED) is 0.556. The van der Waals surface area contributed by atoms with Crippen molar-refractivity contribution >= 4 is 6.09 Å². The van der Waals surface area contributed by atoms with Crippen molar-refractivity contribution in [1.29, 1.82) is 0 Å². The topological polar surface area (TPSA) is 58.6 Å². The maximum absolute atomic E-state index is 10.5. The summed E-state index contributed by atoms with van der Waals surface area (Å²) in [5, 5.41) is 11.8. The summed E-state index contributed by atoms with van der Waals surface area (Å²) in [5.74, 6) is 0. The van der Waals surface area contributed by atoms with E-state index in [-0.39, 0.29) is 12.6 Å². The Balaban J connectivity index is 2.42. The van der Waals surface area contributed by atoms with Crippen molar-refractivity contribution < 1.29 is 14.6 Å². The molecule has 62 valence electrons. The molecule has 1 heterocycles. The number of allylic oxidation sites excluding steroid dienone is 1. The molecule has 0 saturated carbocycles. The lowest BCUT2D eigenvalue weighted by Crippen LogP contribution is -2.36. The van der Waals surface area contributed by atoms with E-state index in [1.807, 2.05) is 0 Å². The minimum atomic E-state index is -0.647. The van der Waals surface area contributed by atoms with Crippen molar-refractivity contribution in [2.45, 2.75) is 19.1 Å². The van der Waals surface area contributed by atoms with E-state index in [4.69, 9.17) is 0 Å². The van der Waals surface area contributed by atoms with Crippen molar-refractivity contribution in [1.82, 2.24) is 5.32 Å². The first-order chi connectivity index (χ1) is 5.24. The maximum Gasteiger partial charge on any atom is 0.407 e. The molecule has 0 aromatic carbocycles. The zero-order valence-electron chi connectivity index (χ0n) is 6.28. The van der Waals surface area contributed by atoms with E-state index in [1.54, 1.807) is 19.1 Å². The number of rotatable bonds is 2. The van der Waals surface area contributed by atoms with E-state index < -0.39 is 12.2 Å². The van der Waals surface area contributed by atoms with Gasteiger partial charge in [0, 0.05) is 0 Å². The molecule has 0 radical (unpaired) electrons. The fraction of sp³-hybridized carbons (Fsp3) is 0.571. The third-order valence-electron chi connectivity index (χ3n) is 1.50. The van der Waals surface area contributed by atoms with Crippen LogP contribution in [0.4, 0.5) is 4.79 Å². The van der Waals surface area contributed by atoms with E-state index in [2.05, 4.69) is 10.1 Å². The summed E-state index contributed by atoms with van der Waals surface area (Å²) in [7, 11) is 0. The van der Waals surface area contributed by atoms with Crippen LogP contribution in [0.3, 0.4) is 0 Å². The molecule has 0 aromatic rings. The standard InChI is InChI=1S/C7H11NO3/c1-2-3-6(9)5-4-11-7(10)8-5/h2-3,5-6,9H,4H2,1H3,(H,8,10)/b3-2+. The van der Waals surface area contributed by atoms with Crippen LogP contribution in [-0.4, -0.2) is 30.0 Å². The molecule has 1 aliphatic heterocycles. The lowest BCUT2D eigenvalue weighted by atomic mass is 10.2. The molecule has 2 N–H and O–H groups in total. The van der Waals surface area contributed by atoms with Gasteiger partial charge in [0.15, 0.2) is 0 Å². The highest BCUT2D eigenvalue weighted by atomic mass is 16.6. The zero-order chi connectivity index (χ0) is 8.27. The molecule has 0 aliphatic carbocycles. The van der Waals surface area contributed by atoms with Gasteiger partial charge in [-0.15, -0.1) is 0 Å². The van der Waals surface area contributed by atoms with Gasteiger partial charge in [0.2, 0.25) is 0 Å². The van der Waals surface area contributed by atoms with Gasteiger partial charge in [-0.2, -0.15) is 0 Å². The van der Waals surface area contributed by atoms with Crippen molar-refractivity contribution in [2.24, 2.45) is 0 Å². The lowest BCUT2D eigenvalue weighted by molar-refractivity contribution is 0.157. The van der Waals surface area contributed by atoms with Gasteiger partial charge in [-0.1, -0.05) is 12.2 Å². The minimum absolute atomic E-state index is 0.240. The second-order valence-electron chi connectivity index (χ2n) is 2.37. The number of ether oxygens (including phenoxy) is 1. The number of aliphatic hydroxyl groups excluding tert-OH is 1. The molecule has 0 spiro atoms. The Morgan fingerprint density at radius 1 is 1.91 bits per heavy atom. The molecule has 0 bridgehead atoms. The minimum Gasteiger partial charge on any atom is -0.447 e. The van der Waals surface area contributed by atoms with E-state index in [0.29, 0.717) is 0 Å². The van der Waals surface area contributed by atoms with E-state index in [1.165, 1.54) is 0 Å². The molecule has 4 heteroatoms. The molecule has 1 rings (SSSR count). The highest BCUT2D eigenvalue weighted by Crippen LogP contribution is 2.03. The number of nitrogens with one attached hydrogen (secondary N) is 1. The number of amides is 1. The van der Waals surface area contributed by atoms with Crippen LogP contribution >= 0.6 is 0 Å². The smallest absolute Gasteiger partial charge is 0.407 e. The Labute approximate surface area is 64.9 Å². The van der Waals surface area contributed by atoms with Crippen molar-refractivity contribution in [2.75, 3.05) is 6.61 Å². The molecular weight excluding hydrogens is 146 g/mol. The summed E-state index contributed by atoms with van der Waals surface area (Å²) in [6.45, 7) is 2.05. The van der Waals surface area contributed by atoms with Gasteiger partial charge in [0.25, 0.3) is 0 Å². The largest absolute Gasteiger partial charge is 0.447 e. The summed E-state index contributed by atoms with van der Waals surface area (Å²) in [6.07, 6.45) is 2.24. The van der Waals surface area contributed by atoms with E-state index >= 15 is 0 Å². The van der Waals surface area contributed by atoms with Gasteiger partial charge in [-0.3, -0.25) is 0 Å². The van der Waals surface area contributed by atoms with E-state index in [9.17, 15) is 9.90 Å². The highest BCUT2D eigenvalue weighted by molar-refractivity contribution is 5.69. The summed E-state index contributed by atoms with van der Waals surface area (Å²) in [6, 6.07) is -0.293. The third kappa shape index (κ3) is 1.94. The monoisotopic (exact) mass is 157 g/mol. The van der Waals surface area contributed by atoms with Gasteiger partial charge in [-0.05, 0) is 6.92 Å². The van der Waals surface area contributed by atoms with Gasteiger partial charge < -0.3 is 15.2 Å². The van der Waals surface area contributed by atoms with Gasteiger partial charge >= 0.3 is 6.09 Å². The normalized spacial score (nSPS) is 26.7. The third-order valence-corrected chi connectivity index (χ3v) is 1.50. The van der Waals surface area contributed by atoms with Crippen molar-refractivity contribution in [3.05, 3.63) is 12.2 Å². The molecule has 2 unspecified atom stereocenters. The number of hydrogen-bond donors (Lipinski definition) is 2. The molecule has 1 amide bonds. The van der Waals surface area contributed by atoms with Crippen LogP contribution in [0.2, 0.25) is 0 Å². The maximum atomic E-state index is 10.5. The Kier molecular flexibility index (Phi) is 2.48. The molecule has 11 heavy (non-hydrogen) atoms. The van der Waals surface area contributed by atoms with Crippen LogP contribution in [0.15, 0.2) is 12.2 Å². The molecule has 4 nitrogen and oxygen atoms in total. The number of cyclic esters (lactones) is 1. The number of hydrogen-bond acceptors (Lipinski definition) is 3. The Hall–Kier alpha value is -1.03. The van der Waals surface area contributed by atoms with E-state index in [0.717, 1.165) is 0 Å². The van der Waals surface area contributed by atoms with Crippen LogP contribution in [0.1, 0.15) is 6.92 Å². The molecule has 1 fully saturated rings. The van der Waals surface area contributed by atoms with Crippen LogP contribution < -0.4 is 5.32 Å². The van der Waals surface area contributed by atoms with Gasteiger partial charge in [0.1, 0.15) is 6.61 Å². The van der Waals surface area contributed by atoms with Crippen LogP contribution in [0.5, 0.6) is 0 Å². The molecular formula is C7H11NO3. The van der Waals surface area contributed by atoms with Gasteiger partial charge in [-0.25, -0.2) is 4.79 Å². The van der Waals surface area contributed by atoms with Crippen molar-refractivity contribution in [3.8, 4) is 0 Å². The first kappa shape index (κ1) is 8.07. The summed E-state index contributed by atoms with van der Waals surface area (Å²) in [5.41, 5.74) is 0. The summed E-state index contributed by atoms with van der Waals surface area (Å²) < 4.78 is 4.59. The predicted molar refractivity (Wildman–Crippen MR) is 39.1 cm³/mol. The molecule has 0 aromatic heterocycles. The van der Waals surface area contributed by atoms with Crippen molar-refractivity contribution in [3.63, 3.8) is 0 Å². The first-order valence-corrected chi connectivity index (χ1v) is 3.48. The lowest BCUT2D eigenvalue weighted by Gasteiger charge is -2.10. The summed E-state index contributed by atoms with van der Waals surface area (Å²) in [4.78, 5) is 10.5. The number of aliphatic hydroxyl groups is 1. The summed E-state index contributed by atoms with van der Waals surface area (Å²) >= 11 is 0. The van der Waals surface area contributed by atoms with Crippen LogP contribution in [0.25, 0.3) is 0 Å². The predicted octanol–water partition coefficient (Wildman–Crippen LogP) is 0.0318. The average molecular weight is 157 g/mol. The fourth-order valence-electron chi connectivity index (χ4n) is 0.915. The molecule has 1 saturated heterocycles. The number of carbonyl (C=O) groups excluding carboxylic acids is 1. The highest BCUT2D eigenvalue weighted by Gasteiger charge is 2.26. The average Bonchev–Trinajstić information content (AvgIpc) is 2.36. The fourth-order valence-corrected chi connectivity index (χ4v) is 0.915. The second kappa shape index (κ2) is 3.39. The van der Waals surface area contributed by atoms with Crippen LogP contribution in [-0.2, 0) is 4.74 Å². The second-order valence-corrected chi connectivity index (χ2v) is 2.37. The number of carbonyl (C=O) groups is 1. The van der Waals surface area contributed by atoms with Gasteiger partial charge in [0.05, 0.1) is 12.1 Å². The first-order valence-electron chi connectivity index (χ1n) is 3.48. The SMILES string of the molecule is C/C=C/C(O)C1COC(=O)N1.